The van der Waals surface area contributed by atoms with E-state index in [2.05, 4.69) is 62.1 Å². The lowest BCUT2D eigenvalue weighted by Crippen LogP contribution is -1.99. The summed E-state index contributed by atoms with van der Waals surface area (Å²) in [7, 11) is 0. The molecule has 0 fully saturated rings. The van der Waals surface area contributed by atoms with Crippen LogP contribution in [0.2, 0.25) is 0 Å². The monoisotopic (exact) mass is 350 g/mol. The van der Waals surface area contributed by atoms with E-state index in [9.17, 15) is 0 Å². The van der Waals surface area contributed by atoms with E-state index in [-0.39, 0.29) is 0 Å². The fourth-order valence-electron chi connectivity index (χ4n) is 1.73. The SMILES string of the molecule is Ic1ccc(NCc2cn3cccnc3n2)cc1. The van der Waals surface area contributed by atoms with Crippen molar-refractivity contribution in [2.24, 2.45) is 0 Å². The summed E-state index contributed by atoms with van der Waals surface area (Å²) in [6.07, 6.45) is 5.68. The van der Waals surface area contributed by atoms with Gasteiger partial charge in [-0.2, -0.15) is 0 Å². The van der Waals surface area contributed by atoms with Crippen LogP contribution in [0.1, 0.15) is 5.69 Å². The van der Waals surface area contributed by atoms with E-state index >= 15 is 0 Å². The Morgan fingerprint density at radius 3 is 2.83 bits per heavy atom. The van der Waals surface area contributed by atoms with Crippen LogP contribution in [0.3, 0.4) is 0 Å². The predicted molar refractivity (Wildman–Crippen MR) is 79.5 cm³/mol. The number of aromatic nitrogens is 3. The van der Waals surface area contributed by atoms with Gasteiger partial charge in [-0.3, -0.25) is 4.40 Å². The third-order valence-electron chi connectivity index (χ3n) is 2.60. The molecule has 0 saturated carbocycles. The van der Waals surface area contributed by atoms with Crippen LogP contribution in [0.15, 0.2) is 48.9 Å². The highest BCUT2D eigenvalue weighted by atomic mass is 127. The maximum Gasteiger partial charge on any atom is 0.233 e. The Bertz CT molecular complexity index is 627. The quantitative estimate of drug-likeness (QED) is 0.739. The van der Waals surface area contributed by atoms with Crippen molar-refractivity contribution in [2.75, 3.05) is 5.32 Å². The number of halogens is 1. The standard InChI is InChI=1S/C13H11IN4/c14-10-2-4-11(5-3-10)16-8-12-9-18-7-1-6-15-13(18)17-12/h1-7,9,16H,8H2. The van der Waals surface area contributed by atoms with E-state index in [1.807, 2.05) is 22.9 Å². The zero-order valence-electron chi connectivity index (χ0n) is 9.55. The molecule has 0 aliphatic heterocycles. The van der Waals surface area contributed by atoms with Gasteiger partial charge in [-0.25, -0.2) is 9.97 Å². The third kappa shape index (κ3) is 2.45. The first-order valence-electron chi connectivity index (χ1n) is 5.59. The Morgan fingerprint density at radius 2 is 2.06 bits per heavy atom. The average Bonchev–Trinajstić information content (AvgIpc) is 2.81. The van der Waals surface area contributed by atoms with Gasteiger partial charge in [0.1, 0.15) is 0 Å². The summed E-state index contributed by atoms with van der Waals surface area (Å²) in [4.78, 5) is 8.62. The van der Waals surface area contributed by atoms with Crippen LogP contribution in [-0.2, 0) is 6.54 Å². The van der Waals surface area contributed by atoms with Gasteiger partial charge < -0.3 is 5.32 Å². The van der Waals surface area contributed by atoms with Crippen LogP contribution < -0.4 is 5.32 Å². The first-order chi connectivity index (χ1) is 8.81. The molecule has 0 bridgehead atoms. The number of anilines is 1. The van der Waals surface area contributed by atoms with Crippen LogP contribution in [0, 0.1) is 3.57 Å². The molecule has 4 nitrogen and oxygen atoms in total. The maximum atomic E-state index is 4.43. The molecule has 0 amide bonds. The van der Waals surface area contributed by atoms with E-state index in [1.54, 1.807) is 6.20 Å². The minimum Gasteiger partial charge on any atom is -0.379 e. The lowest BCUT2D eigenvalue weighted by molar-refractivity contribution is 1.08. The summed E-state index contributed by atoms with van der Waals surface area (Å²) in [5, 5.41) is 3.34. The van der Waals surface area contributed by atoms with E-state index in [0.29, 0.717) is 6.54 Å². The second kappa shape index (κ2) is 4.93. The van der Waals surface area contributed by atoms with E-state index < -0.39 is 0 Å². The van der Waals surface area contributed by atoms with E-state index in [1.165, 1.54) is 3.57 Å². The average molecular weight is 350 g/mol. The van der Waals surface area contributed by atoms with Crippen molar-refractivity contribution in [1.82, 2.24) is 14.4 Å². The van der Waals surface area contributed by atoms with Crippen LogP contribution in [0.5, 0.6) is 0 Å². The zero-order chi connectivity index (χ0) is 12.4. The van der Waals surface area contributed by atoms with Gasteiger partial charge in [0.25, 0.3) is 0 Å². The van der Waals surface area contributed by atoms with Crippen LogP contribution in [0.4, 0.5) is 5.69 Å². The number of benzene rings is 1. The van der Waals surface area contributed by atoms with Crippen LogP contribution >= 0.6 is 22.6 Å². The molecule has 0 saturated heterocycles. The molecule has 2 aromatic heterocycles. The molecule has 0 spiro atoms. The number of rotatable bonds is 3. The molecular weight excluding hydrogens is 339 g/mol. The fraction of sp³-hybridized carbons (Fsp3) is 0.0769. The summed E-state index contributed by atoms with van der Waals surface area (Å²) in [6, 6.07) is 10.2. The van der Waals surface area contributed by atoms with Gasteiger partial charge in [-0.1, -0.05) is 0 Å². The molecule has 3 rings (SSSR count). The van der Waals surface area contributed by atoms with Crippen LogP contribution in [0.25, 0.3) is 5.78 Å². The molecule has 5 heteroatoms. The molecule has 3 aromatic rings. The molecule has 1 N–H and O–H groups in total. The minimum atomic E-state index is 0.698. The van der Waals surface area contributed by atoms with Crippen molar-refractivity contribution in [2.45, 2.75) is 6.54 Å². The molecule has 0 aliphatic carbocycles. The molecule has 0 unspecified atom stereocenters. The second-order valence-corrected chi connectivity index (χ2v) is 5.17. The van der Waals surface area contributed by atoms with Crippen molar-refractivity contribution in [3.8, 4) is 0 Å². The Morgan fingerprint density at radius 1 is 1.22 bits per heavy atom. The number of fused-ring (bicyclic) bond motifs is 1. The van der Waals surface area contributed by atoms with E-state index in [0.717, 1.165) is 17.2 Å². The first-order valence-corrected chi connectivity index (χ1v) is 6.67. The van der Waals surface area contributed by atoms with E-state index in [4.69, 9.17) is 0 Å². The summed E-state index contributed by atoms with van der Waals surface area (Å²) in [5.41, 5.74) is 2.08. The Balaban J connectivity index is 1.74. The smallest absolute Gasteiger partial charge is 0.233 e. The van der Waals surface area contributed by atoms with Crippen molar-refractivity contribution >= 4 is 34.1 Å². The number of imidazole rings is 1. The predicted octanol–water partition coefficient (Wildman–Crippen LogP) is 2.95. The van der Waals surface area contributed by atoms with Gasteiger partial charge >= 0.3 is 0 Å². The summed E-state index contributed by atoms with van der Waals surface area (Å²) >= 11 is 2.29. The molecule has 0 aliphatic rings. The third-order valence-corrected chi connectivity index (χ3v) is 3.32. The fourth-order valence-corrected chi connectivity index (χ4v) is 2.08. The van der Waals surface area contributed by atoms with Crippen molar-refractivity contribution in [1.29, 1.82) is 0 Å². The number of nitrogens with zero attached hydrogens (tertiary/aromatic N) is 3. The van der Waals surface area contributed by atoms with Gasteiger partial charge in [-0.05, 0) is 52.9 Å². The molecular formula is C13H11IN4. The summed E-state index contributed by atoms with van der Waals surface area (Å²) in [6.45, 7) is 0.698. The van der Waals surface area contributed by atoms with Gasteiger partial charge in [0.15, 0.2) is 0 Å². The van der Waals surface area contributed by atoms with Gasteiger partial charge in [0, 0.05) is 27.8 Å². The minimum absolute atomic E-state index is 0.698. The van der Waals surface area contributed by atoms with Gasteiger partial charge in [0.05, 0.1) is 12.2 Å². The number of hydrogen-bond donors (Lipinski definition) is 1. The van der Waals surface area contributed by atoms with Gasteiger partial charge in [-0.15, -0.1) is 0 Å². The highest BCUT2D eigenvalue weighted by Gasteiger charge is 2.01. The Hall–Kier alpha value is -1.63. The first kappa shape index (κ1) is 11.5. The molecule has 0 radical (unpaired) electrons. The van der Waals surface area contributed by atoms with Crippen molar-refractivity contribution in [3.63, 3.8) is 0 Å². The van der Waals surface area contributed by atoms with Gasteiger partial charge in [0.2, 0.25) is 5.78 Å². The summed E-state index contributed by atoms with van der Waals surface area (Å²) < 4.78 is 3.15. The molecule has 1 aromatic carbocycles. The Kier molecular flexibility index (Phi) is 3.14. The number of hydrogen-bond acceptors (Lipinski definition) is 3. The normalized spacial score (nSPS) is 10.7. The molecule has 2 heterocycles. The molecule has 18 heavy (non-hydrogen) atoms. The Labute approximate surface area is 118 Å². The highest BCUT2D eigenvalue weighted by Crippen LogP contribution is 2.12. The lowest BCUT2D eigenvalue weighted by Gasteiger charge is -2.03. The van der Waals surface area contributed by atoms with Crippen molar-refractivity contribution < 1.29 is 0 Å². The lowest BCUT2D eigenvalue weighted by atomic mass is 10.3. The van der Waals surface area contributed by atoms with Crippen LogP contribution in [-0.4, -0.2) is 14.4 Å². The summed E-state index contributed by atoms with van der Waals surface area (Å²) in [5.74, 6) is 0.733. The number of nitrogens with one attached hydrogen (secondary N) is 1. The topological polar surface area (TPSA) is 42.2 Å². The highest BCUT2D eigenvalue weighted by molar-refractivity contribution is 14.1. The zero-order valence-corrected chi connectivity index (χ0v) is 11.7. The molecule has 0 atom stereocenters. The second-order valence-electron chi connectivity index (χ2n) is 3.92. The van der Waals surface area contributed by atoms with Crippen molar-refractivity contribution in [3.05, 3.63) is 58.2 Å². The largest absolute Gasteiger partial charge is 0.379 e. The maximum absolute atomic E-state index is 4.43. The molecule has 90 valence electrons.